The molecular formula is C26H18F3N3O4. The molecular weight excluding hydrogens is 475 g/mol. The molecule has 1 heterocycles. The van der Waals surface area contributed by atoms with Crippen molar-refractivity contribution in [3.05, 3.63) is 118 Å². The number of nitrogens with zero attached hydrogens (tertiary/aromatic N) is 2. The molecule has 7 nitrogen and oxygen atoms in total. The molecule has 0 spiro atoms. The Morgan fingerprint density at radius 3 is 2.22 bits per heavy atom. The molecule has 0 aliphatic heterocycles. The van der Waals surface area contributed by atoms with E-state index in [9.17, 15) is 27.6 Å². The van der Waals surface area contributed by atoms with Gasteiger partial charge in [0.25, 0.3) is 5.91 Å². The number of ether oxygens (including phenoxy) is 1. The summed E-state index contributed by atoms with van der Waals surface area (Å²) in [6.07, 6.45) is -4.67. The maximum Gasteiger partial charge on any atom is 0.418 e. The number of aryl methyl sites for hydroxylation is 1. The molecule has 0 bridgehead atoms. The average Bonchev–Trinajstić information content (AvgIpc) is 2.85. The van der Waals surface area contributed by atoms with E-state index in [1.807, 2.05) is 0 Å². The van der Waals surface area contributed by atoms with Crippen molar-refractivity contribution >= 4 is 17.6 Å². The number of hydrogen-bond donors (Lipinski definition) is 1. The minimum Gasteiger partial charge on any atom is -0.422 e. The van der Waals surface area contributed by atoms with Crippen molar-refractivity contribution in [1.29, 1.82) is 0 Å². The molecule has 0 aliphatic carbocycles. The maximum atomic E-state index is 13.5. The Balaban J connectivity index is 1.56. The third kappa shape index (κ3) is 5.33. The van der Waals surface area contributed by atoms with E-state index in [4.69, 9.17) is 4.74 Å². The van der Waals surface area contributed by atoms with E-state index in [-0.39, 0.29) is 23.0 Å². The van der Waals surface area contributed by atoms with Crippen molar-refractivity contribution in [2.45, 2.75) is 13.1 Å². The molecule has 0 aliphatic rings. The predicted molar refractivity (Wildman–Crippen MR) is 125 cm³/mol. The van der Waals surface area contributed by atoms with Gasteiger partial charge in [0.05, 0.1) is 11.3 Å². The van der Waals surface area contributed by atoms with Crippen LogP contribution in [0.25, 0.3) is 5.69 Å². The van der Waals surface area contributed by atoms with Crippen molar-refractivity contribution in [3.8, 4) is 11.4 Å². The second-order valence-electron chi connectivity index (χ2n) is 7.66. The molecule has 0 fully saturated rings. The summed E-state index contributed by atoms with van der Waals surface area (Å²) in [5.74, 6) is -1.43. The van der Waals surface area contributed by atoms with Crippen molar-refractivity contribution in [1.82, 2.24) is 9.78 Å². The van der Waals surface area contributed by atoms with Gasteiger partial charge < -0.3 is 10.1 Å². The lowest BCUT2D eigenvalue weighted by Gasteiger charge is -2.16. The van der Waals surface area contributed by atoms with Crippen LogP contribution in [-0.2, 0) is 6.18 Å². The number of amides is 1. The SMILES string of the molecule is Cc1cc(=O)c(C(=O)Oc2ccc(NC(=O)c3ccccc3)cc2)nn1-c1ccccc1C(F)(F)F. The fourth-order valence-electron chi connectivity index (χ4n) is 3.39. The molecule has 36 heavy (non-hydrogen) atoms. The van der Waals surface area contributed by atoms with Crippen LogP contribution in [0.1, 0.15) is 32.1 Å². The highest BCUT2D eigenvalue weighted by Gasteiger charge is 2.34. The summed E-state index contributed by atoms with van der Waals surface area (Å²) in [6.45, 7) is 1.40. The van der Waals surface area contributed by atoms with E-state index in [0.29, 0.717) is 11.3 Å². The van der Waals surface area contributed by atoms with Gasteiger partial charge >= 0.3 is 12.1 Å². The zero-order valence-corrected chi connectivity index (χ0v) is 18.7. The molecule has 4 aromatic rings. The molecule has 0 atom stereocenters. The van der Waals surface area contributed by atoms with Gasteiger partial charge in [-0.15, -0.1) is 0 Å². The number of nitrogens with one attached hydrogen (secondary N) is 1. The number of esters is 1. The molecule has 10 heteroatoms. The predicted octanol–water partition coefficient (Wildman–Crippen LogP) is 5.03. The second kappa shape index (κ2) is 9.87. The summed E-state index contributed by atoms with van der Waals surface area (Å²) < 4.78 is 46.5. The minimum absolute atomic E-state index is 0.0433. The number of aromatic nitrogens is 2. The third-order valence-electron chi connectivity index (χ3n) is 5.10. The molecule has 1 amide bonds. The lowest BCUT2D eigenvalue weighted by atomic mass is 10.1. The molecule has 4 rings (SSSR count). The highest BCUT2D eigenvalue weighted by Crippen LogP contribution is 2.33. The van der Waals surface area contributed by atoms with Crippen LogP contribution in [0.5, 0.6) is 5.75 Å². The number of rotatable bonds is 5. The number of anilines is 1. The first kappa shape index (κ1) is 24.4. The van der Waals surface area contributed by atoms with Crippen LogP contribution in [0.2, 0.25) is 0 Å². The Kier molecular flexibility index (Phi) is 6.69. The molecule has 0 radical (unpaired) electrons. The number of hydrogen-bond acceptors (Lipinski definition) is 5. The molecule has 1 aromatic heterocycles. The van der Waals surface area contributed by atoms with Gasteiger partial charge in [-0.05, 0) is 55.5 Å². The van der Waals surface area contributed by atoms with Crippen molar-refractivity contribution < 1.29 is 27.5 Å². The number of carbonyl (C=O) groups is 2. The second-order valence-corrected chi connectivity index (χ2v) is 7.66. The number of benzene rings is 3. The van der Waals surface area contributed by atoms with Crippen LogP contribution in [0.4, 0.5) is 18.9 Å². The van der Waals surface area contributed by atoms with Crippen LogP contribution in [0.15, 0.2) is 89.7 Å². The number of carbonyl (C=O) groups excluding carboxylic acids is 2. The quantitative estimate of drug-likeness (QED) is 0.311. The van der Waals surface area contributed by atoms with Crippen LogP contribution >= 0.6 is 0 Å². The van der Waals surface area contributed by atoms with E-state index < -0.39 is 28.8 Å². The lowest BCUT2D eigenvalue weighted by Crippen LogP contribution is -2.26. The summed E-state index contributed by atoms with van der Waals surface area (Å²) in [7, 11) is 0. The third-order valence-corrected chi connectivity index (χ3v) is 5.10. The summed E-state index contributed by atoms with van der Waals surface area (Å²) in [4.78, 5) is 37.3. The first-order valence-electron chi connectivity index (χ1n) is 10.6. The van der Waals surface area contributed by atoms with Gasteiger partial charge in [0.1, 0.15) is 5.75 Å². The van der Waals surface area contributed by atoms with Crippen molar-refractivity contribution in [2.75, 3.05) is 5.32 Å². The van der Waals surface area contributed by atoms with Crippen molar-refractivity contribution in [3.63, 3.8) is 0 Å². The molecule has 1 N–H and O–H groups in total. The van der Waals surface area contributed by atoms with E-state index in [2.05, 4.69) is 10.4 Å². The molecule has 3 aromatic carbocycles. The Hall–Kier alpha value is -4.73. The monoisotopic (exact) mass is 493 g/mol. The largest absolute Gasteiger partial charge is 0.422 e. The van der Waals surface area contributed by atoms with E-state index in [0.717, 1.165) is 16.8 Å². The van der Waals surface area contributed by atoms with Gasteiger partial charge in [0, 0.05) is 23.0 Å². The Labute approximate surface area is 202 Å². The van der Waals surface area contributed by atoms with Gasteiger partial charge in [-0.3, -0.25) is 9.59 Å². The fourth-order valence-corrected chi connectivity index (χ4v) is 3.39. The number of para-hydroxylation sites is 1. The average molecular weight is 493 g/mol. The number of alkyl halides is 3. The Morgan fingerprint density at radius 2 is 1.56 bits per heavy atom. The number of halogens is 3. The normalized spacial score (nSPS) is 11.1. The fraction of sp³-hybridized carbons (Fsp3) is 0.0769. The van der Waals surface area contributed by atoms with E-state index in [1.54, 1.807) is 30.3 Å². The first-order chi connectivity index (χ1) is 17.1. The van der Waals surface area contributed by atoms with Gasteiger partial charge in [-0.25, -0.2) is 9.48 Å². The Bertz CT molecular complexity index is 1480. The first-order valence-corrected chi connectivity index (χ1v) is 10.6. The Morgan fingerprint density at radius 1 is 0.917 bits per heavy atom. The van der Waals surface area contributed by atoms with Crippen LogP contribution in [0.3, 0.4) is 0 Å². The van der Waals surface area contributed by atoms with Gasteiger partial charge in [0.15, 0.2) is 0 Å². The van der Waals surface area contributed by atoms with E-state index in [1.165, 1.54) is 49.4 Å². The topological polar surface area (TPSA) is 90.3 Å². The standard InChI is InChI=1S/C26H18F3N3O4/c1-16-15-22(33)23(31-32(16)21-10-6-5-9-20(21)26(27,28)29)25(35)36-19-13-11-18(12-14-19)30-24(34)17-7-3-2-4-8-17/h2-15H,1H3,(H,30,34). The minimum atomic E-state index is -4.67. The highest BCUT2D eigenvalue weighted by atomic mass is 19.4. The van der Waals surface area contributed by atoms with Gasteiger partial charge in [-0.1, -0.05) is 30.3 Å². The zero-order chi connectivity index (χ0) is 25.9. The van der Waals surface area contributed by atoms with Crippen LogP contribution in [-0.4, -0.2) is 21.7 Å². The molecule has 0 saturated carbocycles. The van der Waals surface area contributed by atoms with Crippen LogP contribution in [0, 0.1) is 6.92 Å². The zero-order valence-electron chi connectivity index (χ0n) is 18.7. The lowest BCUT2D eigenvalue weighted by molar-refractivity contribution is -0.137. The smallest absolute Gasteiger partial charge is 0.418 e. The van der Waals surface area contributed by atoms with Gasteiger partial charge in [0.2, 0.25) is 11.1 Å². The highest BCUT2D eigenvalue weighted by molar-refractivity contribution is 6.04. The summed E-state index contributed by atoms with van der Waals surface area (Å²) >= 11 is 0. The molecule has 0 unspecified atom stereocenters. The summed E-state index contributed by atoms with van der Waals surface area (Å²) in [5.41, 5.74) is -1.80. The molecule has 182 valence electrons. The summed E-state index contributed by atoms with van der Waals surface area (Å²) in [5, 5.41) is 6.57. The molecule has 0 saturated heterocycles. The van der Waals surface area contributed by atoms with Crippen molar-refractivity contribution in [2.24, 2.45) is 0 Å². The maximum absolute atomic E-state index is 13.5. The summed E-state index contributed by atoms with van der Waals surface area (Å²) in [6, 6.07) is 20.0. The van der Waals surface area contributed by atoms with Gasteiger partial charge in [-0.2, -0.15) is 18.3 Å². The van der Waals surface area contributed by atoms with Crippen LogP contribution < -0.4 is 15.5 Å². The van der Waals surface area contributed by atoms with E-state index >= 15 is 0 Å².